The minimum absolute atomic E-state index is 0.936. The lowest BCUT2D eigenvalue weighted by molar-refractivity contribution is 0.425. The molecule has 1 aromatic rings. The number of rotatable bonds is 4. The summed E-state index contributed by atoms with van der Waals surface area (Å²) in [6.07, 6.45) is 8.70. The molecule has 2 heteroatoms. The minimum Gasteiger partial charge on any atom is -0.312 e. The first kappa shape index (κ1) is 11.2. The van der Waals surface area contributed by atoms with Crippen molar-refractivity contribution < 1.29 is 0 Å². The molecule has 0 bridgehead atoms. The third kappa shape index (κ3) is 3.96. The van der Waals surface area contributed by atoms with Crippen molar-refractivity contribution in [3.63, 3.8) is 0 Å². The maximum atomic E-state index is 3.59. The van der Waals surface area contributed by atoms with E-state index in [4.69, 9.17) is 0 Å². The molecular weight excluding hydrogens is 202 g/mol. The molecule has 0 atom stereocenters. The molecule has 1 N–H and O–H groups in total. The monoisotopic (exact) mass is 223 g/mol. The fourth-order valence-corrected chi connectivity index (χ4v) is 3.05. The lowest BCUT2D eigenvalue weighted by atomic mass is 10.0. The van der Waals surface area contributed by atoms with Crippen LogP contribution in [0.5, 0.6) is 0 Å². The number of hydrogen-bond acceptors (Lipinski definition) is 2. The number of nitrogens with one attached hydrogen (secondary N) is 1. The van der Waals surface area contributed by atoms with E-state index in [1.807, 2.05) is 0 Å². The van der Waals surface area contributed by atoms with Crippen molar-refractivity contribution in [3.05, 3.63) is 22.4 Å². The zero-order valence-electron chi connectivity index (χ0n) is 9.37. The molecular formula is C13H21NS. The summed E-state index contributed by atoms with van der Waals surface area (Å²) in [5, 5.41) is 7.98. The van der Waals surface area contributed by atoms with Gasteiger partial charge >= 0.3 is 0 Å². The SMILES string of the molecule is c1cc(CNCC2CCCCCC2)cs1. The Balaban J connectivity index is 1.64. The maximum absolute atomic E-state index is 3.59. The van der Waals surface area contributed by atoms with Crippen LogP contribution in [0.25, 0.3) is 0 Å². The van der Waals surface area contributed by atoms with Crippen LogP contribution in [0.1, 0.15) is 44.1 Å². The number of thiophene rings is 1. The Morgan fingerprint density at radius 1 is 1.20 bits per heavy atom. The van der Waals surface area contributed by atoms with Crippen molar-refractivity contribution in [1.29, 1.82) is 0 Å². The van der Waals surface area contributed by atoms with Crippen molar-refractivity contribution in [2.75, 3.05) is 6.54 Å². The van der Waals surface area contributed by atoms with Crippen molar-refractivity contribution >= 4 is 11.3 Å². The van der Waals surface area contributed by atoms with Crippen LogP contribution in [0.15, 0.2) is 16.8 Å². The normalized spacial score (nSPS) is 18.9. The van der Waals surface area contributed by atoms with Crippen molar-refractivity contribution in [2.24, 2.45) is 5.92 Å². The molecule has 1 aromatic heterocycles. The predicted molar refractivity (Wildman–Crippen MR) is 67.2 cm³/mol. The Bertz CT molecular complexity index is 248. The molecule has 0 unspecified atom stereocenters. The Morgan fingerprint density at radius 2 is 2.00 bits per heavy atom. The van der Waals surface area contributed by atoms with Crippen LogP contribution >= 0.6 is 11.3 Å². The van der Waals surface area contributed by atoms with Gasteiger partial charge in [-0.2, -0.15) is 11.3 Å². The van der Waals surface area contributed by atoms with Crippen molar-refractivity contribution in [3.8, 4) is 0 Å². The molecule has 0 saturated heterocycles. The molecule has 84 valence electrons. The fourth-order valence-electron chi connectivity index (χ4n) is 2.38. The Hall–Kier alpha value is -0.340. The Kier molecular flexibility index (Phi) is 4.68. The Morgan fingerprint density at radius 3 is 2.67 bits per heavy atom. The van der Waals surface area contributed by atoms with Gasteiger partial charge in [0.25, 0.3) is 0 Å². The summed E-state index contributed by atoms with van der Waals surface area (Å²) < 4.78 is 0. The molecule has 1 nitrogen and oxygen atoms in total. The molecule has 15 heavy (non-hydrogen) atoms. The maximum Gasteiger partial charge on any atom is 0.0213 e. The highest BCUT2D eigenvalue weighted by molar-refractivity contribution is 7.07. The zero-order valence-corrected chi connectivity index (χ0v) is 10.2. The van der Waals surface area contributed by atoms with E-state index in [0.717, 1.165) is 12.5 Å². The van der Waals surface area contributed by atoms with Gasteiger partial charge < -0.3 is 5.32 Å². The minimum atomic E-state index is 0.936. The molecule has 1 aliphatic rings. The second kappa shape index (κ2) is 6.29. The average Bonchev–Trinajstić information content (AvgIpc) is 2.62. The smallest absolute Gasteiger partial charge is 0.0213 e. The highest BCUT2D eigenvalue weighted by atomic mass is 32.1. The molecule has 0 radical (unpaired) electrons. The van der Waals surface area contributed by atoms with Gasteiger partial charge in [0.2, 0.25) is 0 Å². The van der Waals surface area contributed by atoms with Crippen molar-refractivity contribution in [2.45, 2.75) is 45.1 Å². The van der Waals surface area contributed by atoms with Crippen molar-refractivity contribution in [1.82, 2.24) is 5.32 Å². The molecule has 1 heterocycles. The summed E-state index contributed by atoms with van der Waals surface area (Å²) >= 11 is 1.79. The largest absolute Gasteiger partial charge is 0.312 e. The molecule has 0 aromatic carbocycles. The first-order valence-electron chi connectivity index (χ1n) is 6.17. The van der Waals surface area contributed by atoms with Gasteiger partial charge in [-0.3, -0.25) is 0 Å². The van der Waals surface area contributed by atoms with Gasteiger partial charge in [-0.05, 0) is 47.7 Å². The molecule has 1 saturated carbocycles. The van der Waals surface area contributed by atoms with Crippen LogP contribution in [0, 0.1) is 5.92 Å². The first-order chi connectivity index (χ1) is 7.45. The van der Waals surface area contributed by atoms with Crippen LogP contribution in [0.3, 0.4) is 0 Å². The van der Waals surface area contributed by atoms with Gasteiger partial charge in [0.1, 0.15) is 0 Å². The van der Waals surface area contributed by atoms with E-state index in [1.54, 1.807) is 11.3 Å². The quantitative estimate of drug-likeness (QED) is 0.765. The van der Waals surface area contributed by atoms with Gasteiger partial charge in [-0.15, -0.1) is 0 Å². The molecule has 0 aliphatic heterocycles. The standard InChI is InChI=1S/C13H21NS/c1-2-4-6-12(5-3-1)9-14-10-13-7-8-15-11-13/h7-8,11-12,14H,1-6,9-10H2. The summed E-state index contributed by atoms with van der Waals surface area (Å²) in [6, 6.07) is 2.21. The highest BCUT2D eigenvalue weighted by Crippen LogP contribution is 2.22. The topological polar surface area (TPSA) is 12.0 Å². The Labute approximate surface area is 96.9 Å². The van der Waals surface area contributed by atoms with E-state index < -0.39 is 0 Å². The van der Waals surface area contributed by atoms with Gasteiger partial charge in [-0.1, -0.05) is 25.7 Å². The first-order valence-corrected chi connectivity index (χ1v) is 7.11. The van der Waals surface area contributed by atoms with Gasteiger partial charge in [0, 0.05) is 6.54 Å². The van der Waals surface area contributed by atoms with Gasteiger partial charge in [0.05, 0.1) is 0 Å². The van der Waals surface area contributed by atoms with Gasteiger partial charge in [0.15, 0.2) is 0 Å². The van der Waals surface area contributed by atoms with E-state index >= 15 is 0 Å². The third-order valence-corrected chi connectivity index (χ3v) is 4.05. The lowest BCUT2D eigenvalue weighted by Crippen LogP contribution is -2.21. The second-order valence-electron chi connectivity index (χ2n) is 4.62. The van der Waals surface area contributed by atoms with Crippen LogP contribution < -0.4 is 5.32 Å². The predicted octanol–water partition coefficient (Wildman–Crippen LogP) is 3.81. The average molecular weight is 223 g/mol. The van der Waals surface area contributed by atoms with E-state index in [2.05, 4.69) is 22.1 Å². The molecule has 1 aliphatic carbocycles. The molecule has 2 rings (SSSR count). The second-order valence-corrected chi connectivity index (χ2v) is 5.40. The van der Waals surface area contributed by atoms with E-state index in [-0.39, 0.29) is 0 Å². The van der Waals surface area contributed by atoms with Crippen LogP contribution in [0.2, 0.25) is 0 Å². The van der Waals surface area contributed by atoms with Crippen LogP contribution in [-0.4, -0.2) is 6.54 Å². The summed E-state index contributed by atoms with van der Waals surface area (Å²) in [5.41, 5.74) is 1.44. The van der Waals surface area contributed by atoms with Gasteiger partial charge in [-0.25, -0.2) is 0 Å². The van der Waals surface area contributed by atoms with E-state index in [9.17, 15) is 0 Å². The summed E-state index contributed by atoms with van der Waals surface area (Å²) in [7, 11) is 0. The van der Waals surface area contributed by atoms with Crippen LogP contribution in [-0.2, 0) is 6.54 Å². The zero-order chi connectivity index (χ0) is 10.3. The van der Waals surface area contributed by atoms with E-state index in [1.165, 1.54) is 50.6 Å². The summed E-state index contributed by atoms with van der Waals surface area (Å²) in [4.78, 5) is 0. The number of hydrogen-bond donors (Lipinski definition) is 1. The van der Waals surface area contributed by atoms with Crippen LogP contribution in [0.4, 0.5) is 0 Å². The lowest BCUT2D eigenvalue weighted by Gasteiger charge is -2.14. The summed E-state index contributed by atoms with van der Waals surface area (Å²) in [5.74, 6) is 0.936. The highest BCUT2D eigenvalue weighted by Gasteiger charge is 2.11. The molecule has 0 spiro atoms. The molecule has 1 fully saturated rings. The fraction of sp³-hybridized carbons (Fsp3) is 0.692. The summed E-state index contributed by atoms with van der Waals surface area (Å²) in [6.45, 7) is 2.27. The van der Waals surface area contributed by atoms with E-state index in [0.29, 0.717) is 0 Å². The molecule has 0 amide bonds. The third-order valence-electron chi connectivity index (χ3n) is 3.32.